The molecular weight excluding hydrogens is 140 g/mol. The highest BCUT2D eigenvalue weighted by molar-refractivity contribution is 7.99. The maximum atomic E-state index is 3.81. The van der Waals surface area contributed by atoms with Crippen molar-refractivity contribution in [1.82, 2.24) is 0 Å². The second-order valence-corrected chi connectivity index (χ2v) is 3.96. The van der Waals surface area contributed by atoms with Gasteiger partial charge < -0.3 is 0 Å². The van der Waals surface area contributed by atoms with Crippen LogP contribution in [0.3, 0.4) is 0 Å². The van der Waals surface area contributed by atoms with Crippen molar-refractivity contribution in [1.29, 1.82) is 0 Å². The Hall–Kier alpha value is 0.0900. The minimum absolute atomic E-state index is 0.724. The average molecular weight is 158 g/mol. The van der Waals surface area contributed by atoms with E-state index in [4.69, 9.17) is 0 Å². The zero-order valence-corrected chi connectivity index (χ0v) is 8.08. The highest BCUT2D eigenvalue weighted by Gasteiger charge is 2.05. The molecule has 2 unspecified atom stereocenters. The molecule has 0 aromatic carbocycles. The van der Waals surface area contributed by atoms with E-state index in [1.165, 1.54) is 12.8 Å². The van der Waals surface area contributed by atoms with Crippen LogP contribution in [-0.4, -0.2) is 11.5 Å². The normalized spacial score (nSPS) is 16.3. The minimum atomic E-state index is 0.724. The number of allylic oxidation sites excluding steroid dienone is 1. The third-order valence-corrected chi connectivity index (χ3v) is 2.89. The lowest BCUT2D eigenvalue weighted by atomic mass is 10.0. The van der Waals surface area contributed by atoms with Crippen LogP contribution in [0.4, 0.5) is 0 Å². The van der Waals surface area contributed by atoms with Gasteiger partial charge >= 0.3 is 0 Å². The van der Waals surface area contributed by atoms with E-state index in [2.05, 4.69) is 32.8 Å². The van der Waals surface area contributed by atoms with Gasteiger partial charge in [-0.25, -0.2) is 0 Å². The van der Waals surface area contributed by atoms with Gasteiger partial charge in [-0.05, 0) is 25.0 Å². The van der Waals surface area contributed by atoms with E-state index in [1.54, 1.807) is 0 Å². The molecule has 0 heterocycles. The summed E-state index contributed by atoms with van der Waals surface area (Å²) in [5, 5.41) is 0.781. The molecule has 0 nitrogen and oxygen atoms in total. The van der Waals surface area contributed by atoms with Crippen LogP contribution in [0.1, 0.15) is 26.7 Å². The Morgan fingerprint density at radius 1 is 1.60 bits per heavy atom. The van der Waals surface area contributed by atoms with Crippen molar-refractivity contribution in [2.24, 2.45) is 5.92 Å². The van der Waals surface area contributed by atoms with Crippen LogP contribution in [0, 0.1) is 5.92 Å². The fourth-order valence-electron chi connectivity index (χ4n) is 0.952. The standard InChI is InChI=1S/C9H18S/c1-5-9(6-2)7-8(3)10-4/h5,8-9H,1,6-7H2,2-4H3. The van der Waals surface area contributed by atoms with Gasteiger partial charge in [-0.1, -0.05) is 19.9 Å². The summed E-state index contributed by atoms with van der Waals surface area (Å²) in [4.78, 5) is 0. The third-order valence-electron chi connectivity index (χ3n) is 1.89. The van der Waals surface area contributed by atoms with E-state index >= 15 is 0 Å². The first kappa shape index (κ1) is 10.1. The number of thioether (sulfide) groups is 1. The van der Waals surface area contributed by atoms with Crippen molar-refractivity contribution >= 4 is 11.8 Å². The molecule has 0 saturated carbocycles. The van der Waals surface area contributed by atoms with Crippen LogP contribution in [-0.2, 0) is 0 Å². The lowest BCUT2D eigenvalue weighted by Crippen LogP contribution is -2.03. The minimum Gasteiger partial charge on any atom is -0.162 e. The molecule has 10 heavy (non-hydrogen) atoms. The van der Waals surface area contributed by atoms with Crippen LogP contribution >= 0.6 is 11.8 Å². The molecule has 2 atom stereocenters. The topological polar surface area (TPSA) is 0 Å². The summed E-state index contributed by atoms with van der Waals surface area (Å²) >= 11 is 1.94. The largest absolute Gasteiger partial charge is 0.162 e. The van der Waals surface area contributed by atoms with E-state index in [1.807, 2.05) is 11.8 Å². The quantitative estimate of drug-likeness (QED) is 0.553. The van der Waals surface area contributed by atoms with Crippen LogP contribution in [0.5, 0.6) is 0 Å². The maximum absolute atomic E-state index is 3.81. The molecule has 1 heteroatoms. The summed E-state index contributed by atoms with van der Waals surface area (Å²) in [6.45, 7) is 8.31. The lowest BCUT2D eigenvalue weighted by molar-refractivity contribution is 0.572. The van der Waals surface area contributed by atoms with Crippen molar-refractivity contribution in [3.63, 3.8) is 0 Å². The van der Waals surface area contributed by atoms with Gasteiger partial charge in [-0.15, -0.1) is 6.58 Å². The smallest absolute Gasteiger partial charge is 0.00215 e. The first-order valence-electron chi connectivity index (χ1n) is 3.89. The molecule has 0 bridgehead atoms. The van der Waals surface area contributed by atoms with Gasteiger partial charge in [0.15, 0.2) is 0 Å². The second-order valence-electron chi connectivity index (χ2n) is 2.69. The molecule has 0 aromatic heterocycles. The molecule has 0 aromatic rings. The molecule has 0 aliphatic carbocycles. The van der Waals surface area contributed by atoms with Crippen LogP contribution in [0.25, 0.3) is 0 Å². The molecule has 60 valence electrons. The fraction of sp³-hybridized carbons (Fsp3) is 0.778. The maximum Gasteiger partial charge on any atom is 0.00215 e. The Bertz CT molecular complexity index is 88.7. The highest BCUT2D eigenvalue weighted by atomic mass is 32.2. The van der Waals surface area contributed by atoms with Gasteiger partial charge in [0.05, 0.1) is 0 Å². The predicted molar refractivity (Wildman–Crippen MR) is 51.6 cm³/mol. The monoisotopic (exact) mass is 158 g/mol. The molecule has 0 amide bonds. The van der Waals surface area contributed by atoms with Crippen molar-refractivity contribution in [3.05, 3.63) is 12.7 Å². The van der Waals surface area contributed by atoms with E-state index in [-0.39, 0.29) is 0 Å². The predicted octanol–water partition coefficient (Wildman–Crippen LogP) is 3.34. The van der Waals surface area contributed by atoms with Gasteiger partial charge in [0.1, 0.15) is 0 Å². The molecule has 0 radical (unpaired) electrons. The first-order valence-corrected chi connectivity index (χ1v) is 5.18. The molecule has 0 spiro atoms. The van der Waals surface area contributed by atoms with Crippen molar-refractivity contribution in [2.45, 2.75) is 31.9 Å². The number of hydrogen-bond acceptors (Lipinski definition) is 1. The summed E-state index contributed by atoms with van der Waals surface area (Å²) in [7, 11) is 0. The molecule has 0 aliphatic rings. The van der Waals surface area contributed by atoms with Gasteiger partial charge in [-0.2, -0.15) is 11.8 Å². The molecule has 0 fully saturated rings. The summed E-state index contributed by atoms with van der Waals surface area (Å²) in [5.74, 6) is 0.724. The SMILES string of the molecule is C=CC(CC)CC(C)SC. The van der Waals surface area contributed by atoms with Crippen molar-refractivity contribution in [2.75, 3.05) is 6.26 Å². The van der Waals surface area contributed by atoms with Crippen molar-refractivity contribution in [3.8, 4) is 0 Å². The molecule has 0 rings (SSSR count). The van der Waals surface area contributed by atoms with E-state index < -0.39 is 0 Å². The average Bonchev–Trinajstić information content (AvgIpc) is 1.99. The van der Waals surface area contributed by atoms with Crippen molar-refractivity contribution < 1.29 is 0 Å². The summed E-state index contributed by atoms with van der Waals surface area (Å²) in [6.07, 6.45) is 6.75. The van der Waals surface area contributed by atoms with Crippen LogP contribution in [0.2, 0.25) is 0 Å². The van der Waals surface area contributed by atoms with Crippen LogP contribution in [0.15, 0.2) is 12.7 Å². The first-order chi connectivity index (χ1) is 4.74. The summed E-state index contributed by atoms with van der Waals surface area (Å²) < 4.78 is 0. The fourth-order valence-corrected chi connectivity index (χ4v) is 1.39. The van der Waals surface area contributed by atoms with Gasteiger partial charge in [0.25, 0.3) is 0 Å². The third kappa shape index (κ3) is 3.99. The van der Waals surface area contributed by atoms with E-state index in [9.17, 15) is 0 Å². The zero-order valence-electron chi connectivity index (χ0n) is 7.26. The Balaban J connectivity index is 3.51. The van der Waals surface area contributed by atoms with E-state index in [0.717, 1.165) is 11.2 Å². The van der Waals surface area contributed by atoms with E-state index in [0.29, 0.717) is 0 Å². The second kappa shape index (κ2) is 5.84. The summed E-state index contributed by atoms with van der Waals surface area (Å²) in [6, 6.07) is 0. The number of rotatable bonds is 5. The van der Waals surface area contributed by atoms with Crippen LogP contribution < -0.4 is 0 Å². The van der Waals surface area contributed by atoms with Gasteiger partial charge in [0, 0.05) is 5.25 Å². The Kier molecular flexibility index (Phi) is 5.90. The van der Waals surface area contributed by atoms with Gasteiger partial charge in [0.2, 0.25) is 0 Å². The zero-order chi connectivity index (χ0) is 7.98. The Morgan fingerprint density at radius 2 is 2.20 bits per heavy atom. The number of hydrogen-bond donors (Lipinski definition) is 0. The molecular formula is C9H18S. The molecule has 0 aliphatic heterocycles. The molecule has 0 N–H and O–H groups in total. The van der Waals surface area contributed by atoms with Gasteiger partial charge in [-0.3, -0.25) is 0 Å². The Morgan fingerprint density at radius 3 is 2.50 bits per heavy atom. The summed E-state index contributed by atoms with van der Waals surface area (Å²) in [5.41, 5.74) is 0. The highest BCUT2D eigenvalue weighted by Crippen LogP contribution is 2.19. The lowest BCUT2D eigenvalue weighted by Gasteiger charge is -2.13. The Labute approximate surface area is 69.1 Å². The molecule has 0 saturated heterocycles.